The lowest BCUT2D eigenvalue weighted by Crippen LogP contribution is -2.15. The Morgan fingerprint density at radius 3 is 1.71 bits per heavy atom. The molecule has 0 aromatic heterocycles. The molecule has 1 rings (SSSR count). The van der Waals surface area contributed by atoms with Crippen LogP contribution in [-0.4, -0.2) is 6.10 Å². The maximum absolute atomic E-state index is 13.2. The van der Waals surface area contributed by atoms with Gasteiger partial charge in [-0.1, -0.05) is 13.3 Å². The van der Waals surface area contributed by atoms with Gasteiger partial charge in [0.05, 0.1) is 6.10 Å². The molecule has 0 saturated heterocycles. The van der Waals surface area contributed by atoms with Crippen LogP contribution >= 0.6 is 0 Å². The van der Waals surface area contributed by atoms with E-state index in [0.717, 1.165) is 0 Å². The number of hydrogen-bond acceptors (Lipinski definition) is 1. The lowest BCUT2D eigenvalue weighted by Gasteiger charge is -2.15. The summed E-state index contributed by atoms with van der Waals surface area (Å²) in [5.41, 5.74) is 0. The molecule has 1 aromatic rings. The summed E-state index contributed by atoms with van der Waals surface area (Å²) in [6.45, 7) is 3.29. The molecular weight excluding hydrogens is 243 g/mol. The van der Waals surface area contributed by atoms with Gasteiger partial charge in [-0.2, -0.15) is 8.78 Å². The highest BCUT2D eigenvalue weighted by Crippen LogP contribution is 2.30. The molecule has 0 bridgehead atoms. The van der Waals surface area contributed by atoms with E-state index in [9.17, 15) is 22.0 Å². The molecule has 1 aromatic carbocycles. The van der Waals surface area contributed by atoms with Crippen molar-refractivity contribution in [1.29, 1.82) is 0 Å². The molecule has 0 fully saturated rings. The average Bonchev–Trinajstić information content (AvgIpc) is 2.30. The van der Waals surface area contributed by atoms with Crippen molar-refractivity contribution in [3.05, 3.63) is 29.1 Å². The van der Waals surface area contributed by atoms with E-state index in [0.29, 0.717) is 12.8 Å². The van der Waals surface area contributed by atoms with Crippen LogP contribution < -0.4 is 4.74 Å². The van der Waals surface area contributed by atoms with Crippen molar-refractivity contribution < 1.29 is 26.7 Å². The van der Waals surface area contributed by atoms with E-state index in [2.05, 4.69) is 0 Å². The van der Waals surface area contributed by atoms with Crippen LogP contribution in [0.5, 0.6) is 5.75 Å². The smallest absolute Gasteiger partial charge is 0.206 e. The van der Waals surface area contributed by atoms with Gasteiger partial charge in [0.25, 0.3) is 0 Å². The van der Waals surface area contributed by atoms with Crippen molar-refractivity contribution >= 4 is 0 Å². The van der Waals surface area contributed by atoms with E-state index in [4.69, 9.17) is 4.74 Å². The van der Waals surface area contributed by atoms with Crippen LogP contribution in [0.4, 0.5) is 22.0 Å². The molecule has 0 heterocycles. The Hall–Kier alpha value is -1.33. The van der Waals surface area contributed by atoms with Crippen LogP contribution in [-0.2, 0) is 0 Å². The van der Waals surface area contributed by atoms with E-state index in [1.54, 1.807) is 6.92 Å². The molecule has 0 saturated carbocycles. The van der Waals surface area contributed by atoms with Crippen molar-refractivity contribution in [2.75, 3.05) is 0 Å². The topological polar surface area (TPSA) is 9.23 Å². The third-order valence-corrected chi connectivity index (χ3v) is 2.18. The van der Waals surface area contributed by atoms with Crippen molar-refractivity contribution in [2.45, 2.75) is 32.8 Å². The normalized spacial score (nSPS) is 12.6. The van der Waals surface area contributed by atoms with Gasteiger partial charge in [-0.3, -0.25) is 0 Å². The van der Waals surface area contributed by atoms with Crippen molar-refractivity contribution in [3.8, 4) is 5.75 Å². The van der Waals surface area contributed by atoms with E-state index >= 15 is 0 Å². The first-order valence-corrected chi connectivity index (χ1v) is 5.08. The van der Waals surface area contributed by atoms with Gasteiger partial charge in [0.15, 0.2) is 5.75 Å². The van der Waals surface area contributed by atoms with Gasteiger partial charge in [0.2, 0.25) is 29.1 Å². The van der Waals surface area contributed by atoms with E-state index in [1.165, 1.54) is 6.92 Å². The zero-order valence-electron chi connectivity index (χ0n) is 9.29. The van der Waals surface area contributed by atoms with Crippen molar-refractivity contribution in [1.82, 2.24) is 0 Å². The summed E-state index contributed by atoms with van der Waals surface area (Å²) in [5, 5.41) is 0. The molecule has 0 N–H and O–H groups in total. The van der Waals surface area contributed by atoms with Crippen LogP contribution in [0, 0.1) is 29.1 Å². The average molecular weight is 254 g/mol. The maximum Gasteiger partial charge on any atom is 0.206 e. The Balaban J connectivity index is 3.16. The van der Waals surface area contributed by atoms with Crippen LogP contribution in [0.3, 0.4) is 0 Å². The molecule has 1 atom stereocenters. The molecule has 6 heteroatoms. The first-order chi connectivity index (χ1) is 7.90. The molecule has 0 aliphatic heterocycles. The summed E-state index contributed by atoms with van der Waals surface area (Å²) in [5.74, 6) is -11.3. The predicted molar refractivity (Wildman–Crippen MR) is 51.2 cm³/mol. The monoisotopic (exact) mass is 254 g/mol. The van der Waals surface area contributed by atoms with Gasteiger partial charge >= 0.3 is 0 Å². The summed E-state index contributed by atoms with van der Waals surface area (Å²) in [6.07, 6.45) is 0.476. The highest BCUT2D eigenvalue weighted by Gasteiger charge is 2.27. The summed E-state index contributed by atoms with van der Waals surface area (Å²) < 4.78 is 69.3. The van der Waals surface area contributed by atoms with Gasteiger partial charge in [-0.15, -0.1) is 0 Å². The van der Waals surface area contributed by atoms with Crippen LogP contribution in [0.2, 0.25) is 0 Å². The molecule has 0 aliphatic carbocycles. The molecular formula is C11H11F5O. The third kappa shape index (κ3) is 2.68. The predicted octanol–water partition coefficient (Wildman–Crippen LogP) is 3.95. The fourth-order valence-electron chi connectivity index (χ4n) is 1.35. The standard InChI is InChI=1S/C11H11F5O/c1-3-4-5(2)17-11-9(15)7(13)6(12)8(14)10(11)16/h5H,3-4H2,1-2H3. The summed E-state index contributed by atoms with van der Waals surface area (Å²) >= 11 is 0. The second kappa shape index (κ2) is 5.33. The van der Waals surface area contributed by atoms with Gasteiger partial charge in [0.1, 0.15) is 0 Å². The zero-order chi connectivity index (χ0) is 13.2. The van der Waals surface area contributed by atoms with Crippen molar-refractivity contribution in [2.24, 2.45) is 0 Å². The molecule has 0 radical (unpaired) electrons. The van der Waals surface area contributed by atoms with Crippen molar-refractivity contribution in [3.63, 3.8) is 0 Å². The molecule has 1 unspecified atom stereocenters. The fraction of sp³-hybridized carbons (Fsp3) is 0.455. The van der Waals surface area contributed by atoms with Crippen LogP contribution in [0.25, 0.3) is 0 Å². The summed E-state index contributed by atoms with van der Waals surface area (Å²) in [7, 11) is 0. The largest absolute Gasteiger partial charge is 0.485 e. The Morgan fingerprint density at radius 1 is 0.882 bits per heavy atom. The van der Waals surface area contributed by atoms with Gasteiger partial charge in [0, 0.05) is 0 Å². The first kappa shape index (κ1) is 13.7. The molecule has 96 valence electrons. The minimum Gasteiger partial charge on any atom is -0.485 e. The van der Waals surface area contributed by atoms with E-state index < -0.39 is 40.9 Å². The third-order valence-electron chi connectivity index (χ3n) is 2.18. The minimum absolute atomic E-state index is 0.444. The lowest BCUT2D eigenvalue weighted by molar-refractivity contribution is 0.182. The van der Waals surface area contributed by atoms with Crippen LogP contribution in [0.1, 0.15) is 26.7 Å². The fourth-order valence-corrected chi connectivity index (χ4v) is 1.35. The van der Waals surface area contributed by atoms with E-state index in [1.807, 2.05) is 0 Å². The number of rotatable bonds is 4. The summed E-state index contributed by atoms with van der Waals surface area (Å²) in [4.78, 5) is 0. The quantitative estimate of drug-likeness (QED) is 0.449. The Kier molecular flexibility index (Phi) is 4.31. The first-order valence-electron chi connectivity index (χ1n) is 5.08. The van der Waals surface area contributed by atoms with Gasteiger partial charge in [-0.05, 0) is 13.3 Å². The number of ether oxygens (including phenoxy) is 1. The van der Waals surface area contributed by atoms with Crippen LogP contribution in [0.15, 0.2) is 0 Å². The summed E-state index contributed by atoms with van der Waals surface area (Å²) in [6, 6.07) is 0. The minimum atomic E-state index is -2.18. The number of hydrogen-bond donors (Lipinski definition) is 0. The Labute approximate surface area is 95.2 Å². The Morgan fingerprint density at radius 2 is 1.29 bits per heavy atom. The second-order valence-electron chi connectivity index (χ2n) is 3.62. The molecule has 0 spiro atoms. The highest BCUT2D eigenvalue weighted by molar-refractivity contribution is 5.29. The molecule has 0 aliphatic rings. The van der Waals surface area contributed by atoms with E-state index in [-0.39, 0.29) is 0 Å². The molecule has 1 nitrogen and oxygen atoms in total. The van der Waals surface area contributed by atoms with Gasteiger partial charge in [-0.25, -0.2) is 13.2 Å². The highest BCUT2D eigenvalue weighted by atomic mass is 19.2. The number of benzene rings is 1. The second-order valence-corrected chi connectivity index (χ2v) is 3.62. The molecule has 0 amide bonds. The molecule has 17 heavy (non-hydrogen) atoms. The SMILES string of the molecule is CCCC(C)Oc1c(F)c(F)c(F)c(F)c1F. The van der Waals surface area contributed by atoms with Gasteiger partial charge < -0.3 is 4.74 Å². The number of halogens is 5. The lowest BCUT2D eigenvalue weighted by atomic mass is 10.2. The maximum atomic E-state index is 13.2. The zero-order valence-corrected chi connectivity index (χ0v) is 9.29. The Bertz CT molecular complexity index is 390.